The SMILES string of the molecule is OCc1n[nH]c(=S)n1C1CCOc2ccccc21. The van der Waals surface area contributed by atoms with Crippen LogP contribution in [-0.4, -0.2) is 26.5 Å². The molecule has 94 valence electrons. The van der Waals surface area contributed by atoms with Crippen molar-refractivity contribution in [3.63, 3.8) is 0 Å². The first-order valence-electron chi connectivity index (χ1n) is 5.79. The number of nitrogens with zero attached hydrogens (tertiary/aromatic N) is 2. The normalized spacial score (nSPS) is 18.2. The summed E-state index contributed by atoms with van der Waals surface area (Å²) in [5, 5.41) is 16.1. The number of fused-ring (bicyclic) bond motifs is 1. The van der Waals surface area contributed by atoms with Gasteiger partial charge in [0.1, 0.15) is 12.4 Å². The summed E-state index contributed by atoms with van der Waals surface area (Å²) >= 11 is 5.24. The third-order valence-electron chi connectivity index (χ3n) is 3.16. The number of hydrogen-bond acceptors (Lipinski definition) is 4. The Hall–Kier alpha value is -1.66. The highest BCUT2D eigenvalue weighted by molar-refractivity contribution is 7.71. The molecule has 0 amide bonds. The number of aliphatic hydroxyl groups is 1. The molecule has 6 heteroatoms. The van der Waals surface area contributed by atoms with Gasteiger partial charge in [-0.05, 0) is 18.3 Å². The summed E-state index contributed by atoms with van der Waals surface area (Å²) in [4.78, 5) is 0. The van der Waals surface area contributed by atoms with Crippen LogP contribution in [0.25, 0.3) is 0 Å². The molecule has 1 aliphatic heterocycles. The molecule has 0 spiro atoms. The van der Waals surface area contributed by atoms with Gasteiger partial charge in [0, 0.05) is 12.0 Å². The van der Waals surface area contributed by atoms with Gasteiger partial charge in [0.05, 0.1) is 12.6 Å². The lowest BCUT2D eigenvalue weighted by molar-refractivity contribution is 0.236. The summed E-state index contributed by atoms with van der Waals surface area (Å²) in [6.45, 7) is 0.506. The Morgan fingerprint density at radius 3 is 3.17 bits per heavy atom. The van der Waals surface area contributed by atoms with E-state index in [1.54, 1.807) is 0 Å². The summed E-state index contributed by atoms with van der Waals surface area (Å²) in [5.74, 6) is 1.43. The van der Waals surface area contributed by atoms with Crippen molar-refractivity contribution in [3.05, 3.63) is 40.4 Å². The molecule has 0 bridgehead atoms. The van der Waals surface area contributed by atoms with Crippen LogP contribution < -0.4 is 4.74 Å². The maximum Gasteiger partial charge on any atom is 0.195 e. The molecular weight excluding hydrogens is 250 g/mol. The third-order valence-corrected chi connectivity index (χ3v) is 3.45. The van der Waals surface area contributed by atoms with Crippen LogP contribution in [0, 0.1) is 4.77 Å². The molecule has 1 unspecified atom stereocenters. The van der Waals surface area contributed by atoms with Crippen LogP contribution in [0.4, 0.5) is 0 Å². The number of H-pyrrole nitrogens is 1. The lowest BCUT2D eigenvalue weighted by Gasteiger charge is -2.27. The van der Waals surface area contributed by atoms with E-state index < -0.39 is 0 Å². The second-order valence-corrected chi connectivity index (χ2v) is 4.55. The number of ether oxygens (including phenoxy) is 1. The van der Waals surface area contributed by atoms with Crippen LogP contribution in [0.5, 0.6) is 5.75 Å². The Balaban J connectivity index is 2.14. The van der Waals surface area contributed by atoms with Crippen molar-refractivity contribution < 1.29 is 9.84 Å². The molecule has 3 rings (SSSR count). The maximum absolute atomic E-state index is 9.33. The Bertz CT molecular complexity index is 620. The zero-order valence-electron chi connectivity index (χ0n) is 9.67. The summed E-state index contributed by atoms with van der Waals surface area (Å²) in [6, 6.07) is 7.97. The zero-order chi connectivity index (χ0) is 12.5. The van der Waals surface area contributed by atoms with Crippen LogP contribution in [0.15, 0.2) is 24.3 Å². The highest BCUT2D eigenvalue weighted by Crippen LogP contribution is 2.34. The number of aromatic amines is 1. The van der Waals surface area contributed by atoms with E-state index in [4.69, 9.17) is 17.0 Å². The van der Waals surface area contributed by atoms with Gasteiger partial charge in [-0.15, -0.1) is 0 Å². The average Bonchev–Trinajstić information content (AvgIpc) is 2.79. The van der Waals surface area contributed by atoms with E-state index in [-0.39, 0.29) is 12.6 Å². The number of para-hydroxylation sites is 1. The number of aromatic nitrogens is 3. The molecule has 1 aliphatic rings. The molecule has 2 aromatic rings. The van der Waals surface area contributed by atoms with Gasteiger partial charge in [-0.25, -0.2) is 0 Å². The molecule has 2 N–H and O–H groups in total. The summed E-state index contributed by atoms with van der Waals surface area (Å²) < 4.78 is 8.02. The quantitative estimate of drug-likeness (QED) is 0.811. The van der Waals surface area contributed by atoms with Gasteiger partial charge in [0.15, 0.2) is 10.6 Å². The molecule has 0 fully saturated rings. The van der Waals surface area contributed by atoms with Gasteiger partial charge in [-0.3, -0.25) is 9.67 Å². The van der Waals surface area contributed by atoms with Gasteiger partial charge >= 0.3 is 0 Å². The minimum atomic E-state index is -0.132. The zero-order valence-corrected chi connectivity index (χ0v) is 10.5. The van der Waals surface area contributed by atoms with Crippen molar-refractivity contribution in [2.24, 2.45) is 0 Å². The fourth-order valence-corrected chi connectivity index (χ4v) is 2.64. The van der Waals surface area contributed by atoms with E-state index in [1.807, 2.05) is 28.8 Å². The second-order valence-electron chi connectivity index (χ2n) is 4.16. The summed E-state index contributed by atoms with van der Waals surface area (Å²) in [6.07, 6.45) is 0.817. The number of aliphatic hydroxyl groups excluding tert-OH is 1. The van der Waals surface area contributed by atoms with Crippen LogP contribution >= 0.6 is 12.2 Å². The summed E-state index contributed by atoms with van der Waals surface area (Å²) in [7, 11) is 0. The van der Waals surface area contributed by atoms with Gasteiger partial charge in [-0.1, -0.05) is 18.2 Å². The van der Waals surface area contributed by atoms with Crippen molar-refractivity contribution >= 4 is 12.2 Å². The van der Waals surface area contributed by atoms with E-state index in [0.717, 1.165) is 17.7 Å². The van der Waals surface area contributed by atoms with Crippen molar-refractivity contribution in [1.29, 1.82) is 0 Å². The standard InChI is InChI=1S/C12H13N3O2S/c16-7-11-13-14-12(18)15(11)9-5-6-17-10-4-2-1-3-8(9)10/h1-4,9,16H,5-7H2,(H,14,18). The van der Waals surface area contributed by atoms with E-state index in [2.05, 4.69) is 10.2 Å². The lowest BCUT2D eigenvalue weighted by atomic mass is 10.0. The van der Waals surface area contributed by atoms with Crippen LogP contribution in [0.2, 0.25) is 0 Å². The fraction of sp³-hybridized carbons (Fsp3) is 0.333. The Kier molecular flexibility index (Phi) is 2.89. The minimum absolute atomic E-state index is 0.0725. The van der Waals surface area contributed by atoms with Gasteiger partial charge in [0.25, 0.3) is 0 Å². The largest absolute Gasteiger partial charge is 0.493 e. The van der Waals surface area contributed by atoms with Crippen LogP contribution in [-0.2, 0) is 6.61 Å². The van der Waals surface area contributed by atoms with E-state index >= 15 is 0 Å². The molecular formula is C12H13N3O2S. The minimum Gasteiger partial charge on any atom is -0.493 e. The predicted molar refractivity (Wildman–Crippen MR) is 68.0 cm³/mol. The molecule has 0 saturated heterocycles. The van der Waals surface area contributed by atoms with E-state index in [9.17, 15) is 5.11 Å². The molecule has 0 saturated carbocycles. The highest BCUT2D eigenvalue weighted by atomic mass is 32.1. The van der Waals surface area contributed by atoms with Crippen LogP contribution in [0.3, 0.4) is 0 Å². The highest BCUT2D eigenvalue weighted by Gasteiger charge is 2.25. The molecule has 0 radical (unpaired) electrons. The number of nitrogens with one attached hydrogen (secondary N) is 1. The third kappa shape index (κ3) is 1.74. The molecule has 0 aliphatic carbocycles. The smallest absolute Gasteiger partial charge is 0.195 e. The first kappa shape index (κ1) is 11.4. The van der Waals surface area contributed by atoms with Gasteiger partial charge in [-0.2, -0.15) is 5.10 Å². The second kappa shape index (κ2) is 4.55. The molecule has 1 aromatic carbocycles. The molecule has 18 heavy (non-hydrogen) atoms. The van der Waals surface area contributed by atoms with Gasteiger partial charge < -0.3 is 9.84 Å². The first-order chi connectivity index (χ1) is 8.81. The predicted octanol–water partition coefficient (Wildman–Crippen LogP) is 1.80. The number of rotatable bonds is 2. The Labute approximate surface area is 109 Å². The lowest BCUT2D eigenvalue weighted by Crippen LogP contribution is -2.22. The monoisotopic (exact) mass is 263 g/mol. The number of benzene rings is 1. The average molecular weight is 263 g/mol. The Morgan fingerprint density at radius 1 is 1.50 bits per heavy atom. The molecule has 2 heterocycles. The first-order valence-corrected chi connectivity index (χ1v) is 6.20. The van der Waals surface area contributed by atoms with Crippen molar-refractivity contribution in [3.8, 4) is 5.75 Å². The van der Waals surface area contributed by atoms with Gasteiger partial charge in [0.2, 0.25) is 0 Å². The van der Waals surface area contributed by atoms with E-state index in [1.165, 1.54) is 0 Å². The molecule has 1 aromatic heterocycles. The molecule has 5 nitrogen and oxygen atoms in total. The van der Waals surface area contributed by atoms with Crippen molar-refractivity contribution in [2.45, 2.75) is 19.1 Å². The maximum atomic E-state index is 9.33. The number of hydrogen-bond donors (Lipinski definition) is 2. The van der Waals surface area contributed by atoms with Crippen molar-refractivity contribution in [1.82, 2.24) is 14.8 Å². The topological polar surface area (TPSA) is 63.1 Å². The Morgan fingerprint density at radius 2 is 2.33 bits per heavy atom. The van der Waals surface area contributed by atoms with Crippen molar-refractivity contribution in [2.75, 3.05) is 6.61 Å². The molecule has 1 atom stereocenters. The van der Waals surface area contributed by atoms with E-state index in [0.29, 0.717) is 17.2 Å². The van der Waals surface area contributed by atoms with Crippen LogP contribution in [0.1, 0.15) is 23.9 Å². The summed E-state index contributed by atoms with van der Waals surface area (Å²) in [5.41, 5.74) is 1.08. The fourth-order valence-electron chi connectivity index (χ4n) is 2.36.